The molecule has 3 N–H and O–H groups in total. The van der Waals surface area contributed by atoms with Crippen molar-refractivity contribution in [3.05, 3.63) is 84.2 Å². The maximum absolute atomic E-state index is 13.3. The molecular weight excluding hydrogens is 484 g/mol. The van der Waals surface area contributed by atoms with Gasteiger partial charge in [-0.1, -0.05) is 25.4 Å². The highest BCUT2D eigenvalue weighted by Crippen LogP contribution is 2.23. The van der Waals surface area contributed by atoms with Crippen molar-refractivity contribution in [1.82, 2.24) is 19.7 Å². The van der Waals surface area contributed by atoms with Crippen LogP contribution in [0, 0.1) is 5.92 Å². The lowest BCUT2D eigenvalue weighted by Gasteiger charge is -2.22. The number of aromatic amines is 2. The molecule has 1 atom stereocenters. The lowest BCUT2D eigenvalue weighted by atomic mass is 9.98. The third kappa shape index (κ3) is 5.79. The summed E-state index contributed by atoms with van der Waals surface area (Å²) in [6.07, 6.45) is 4.59. The van der Waals surface area contributed by atoms with Crippen molar-refractivity contribution in [1.29, 1.82) is 0 Å². The summed E-state index contributed by atoms with van der Waals surface area (Å²) >= 11 is 6.00. The lowest BCUT2D eigenvalue weighted by molar-refractivity contribution is 0.406. The molecule has 0 aliphatic rings. The fourth-order valence-electron chi connectivity index (χ4n) is 3.62. The van der Waals surface area contributed by atoms with Crippen molar-refractivity contribution in [3.8, 4) is 0 Å². The second kappa shape index (κ2) is 9.92. The molecule has 0 saturated heterocycles. The molecule has 1 aromatic carbocycles. The predicted octanol–water partition coefficient (Wildman–Crippen LogP) is 2.72. The van der Waals surface area contributed by atoms with Crippen LogP contribution in [0.4, 0.5) is 0 Å². The van der Waals surface area contributed by atoms with Crippen LogP contribution < -0.4 is 16.5 Å². The largest absolute Gasteiger partial charge is 0.350 e. The van der Waals surface area contributed by atoms with Gasteiger partial charge in [0.05, 0.1) is 17.8 Å². The lowest BCUT2D eigenvalue weighted by Crippen LogP contribution is -2.37. The van der Waals surface area contributed by atoms with Gasteiger partial charge in [0.1, 0.15) is 10.9 Å². The number of hydrogen-bond donors (Lipinski definition) is 3. The van der Waals surface area contributed by atoms with Crippen LogP contribution in [0.3, 0.4) is 0 Å². The third-order valence-electron chi connectivity index (χ3n) is 4.94. The number of halogens is 1. The number of nitrogens with zero attached hydrogens (tertiary/aromatic N) is 2. The maximum Gasteiger partial charge on any atom is 0.287 e. The zero-order chi connectivity index (χ0) is 25.2. The smallest absolute Gasteiger partial charge is 0.287 e. The Morgan fingerprint density at radius 2 is 1.74 bits per heavy atom. The number of H-pyrrole nitrogens is 2. The van der Waals surface area contributed by atoms with Crippen LogP contribution in [0.25, 0.3) is 21.8 Å². The molecule has 0 fully saturated rings. The molecular formula is C22H23ClN4O6S. The van der Waals surface area contributed by atoms with E-state index in [1.54, 1.807) is 42.7 Å². The maximum atomic E-state index is 13.3. The predicted molar refractivity (Wildman–Crippen MR) is 131 cm³/mol. The molecule has 10 nitrogen and oxygen atoms in total. The molecule has 0 spiro atoms. The molecule has 4 rings (SSSR count). The van der Waals surface area contributed by atoms with Gasteiger partial charge in [-0.3, -0.25) is 29.0 Å². The summed E-state index contributed by atoms with van der Waals surface area (Å²) in [6, 6.07) is 7.86. The van der Waals surface area contributed by atoms with Crippen molar-refractivity contribution in [2.24, 2.45) is 5.92 Å². The Bertz CT molecular complexity index is 1620. The molecule has 34 heavy (non-hydrogen) atoms. The van der Waals surface area contributed by atoms with Crippen molar-refractivity contribution in [3.63, 3.8) is 0 Å². The van der Waals surface area contributed by atoms with Crippen LogP contribution >= 0.6 is 11.6 Å². The van der Waals surface area contributed by atoms with Crippen LogP contribution in [0.5, 0.6) is 0 Å². The minimum absolute atomic E-state index is 0.0518. The highest BCUT2D eigenvalue weighted by molar-refractivity contribution is 7.85. The second-order valence-electron chi connectivity index (χ2n) is 8.17. The molecule has 0 aliphatic carbocycles. The molecule has 4 aromatic rings. The van der Waals surface area contributed by atoms with Crippen molar-refractivity contribution >= 4 is 43.5 Å². The second-order valence-corrected chi connectivity index (χ2v) is 10.1. The van der Waals surface area contributed by atoms with E-state index in [1.165, 1.54) is 4.68 Å². The first-order chi connectivity index (χ1) is 15.9. The van der Waals surface area contributed by atoms with E-state index in [2.05, 4.69) is 15.1 Å². The van der Waals surface area contributed by atoms with Crippen LogP contribution in [0.2, 0.25) is 5.02 Å². The molecule has 3 heterocycles. The van der Waals surface area contributed by atoms with E-state index >= 15 is 0 Å². The summed E-state index contributed by atoms with van der Waals surface area (Å²) in [7, 11) is -3.67. The highest BCUT2D eigenvalue weighted by atomic mass is 35.5. The number of aromatic nitrogens is 4. The van der Waals surface area contributed by atoms with Crippen molar-refractivity contribution < 1.29 is 13.0 Å². The highest BCUT2D eigenvalue weighted by Gasteiger charge is 2.22. The van der Waals surface area contributed by atoms with E-state index in [9.17, 15) is 22.8 Å². The van der Waals surface area contributed by atoms with Gasteiger partial charge in [0.2, 0.25) is 5.43 Å². The van der Waals surface area contributed by atoms with Gasteiger partial charge in [-0.25, -0.2) is 4.68 Å². The Balaban J connectivity index is 0.000000588. The van der Waals surface area contributed by atoms with Gasteiger partial charge in [0, 0.05) is 22.8 Å². The number of fused-ring (bicyclic) bond motifs is 2. The zero-order valence-electron chi connectivity index (χ0n) is 18.6. The summed E-state index contributed by atoms with van der Waals surface area (Å²) in [5, 5.41) is 3.22. The van der Waals surface area contributed by atoms with Gasteiger partial charge in [0.25, 0.3) is 21.2 Å². The summed E-state index contributed by atoms with van der Waals surface area (Å²) in [4.78, 5) is 46.1. The number of pyridine rings is 2. The van der Waals surface area contributed by atoms with E-state index in [1.807, 2.05) is 13.8 Å². The summed E-state index contributed by atoms with van der Waals surface area (Å²) in [5.41, 5.74) is -0.390. The fraction of sp³-hybridized carbons (Fsp3) is 0.273. The van der Waals surface area contributed by atoms with Crippen molar-refractivity contribution in [2.45, 2.75) is 26.3 Å². The summed E-state index contributed by atoms with van der Waals surface area (Å²) in [5.74, 6) is 0.247. The molecule has 0 amide bonds. The van der Waals surface area contributed by atoms with Crippen LogP contribution in [-0.4, -0.2) is 39.0 Å². The molecule has 3 aromatic heterocycles. The van der Waals surface area contributed by atoms with Gasteiger partial charge in [-0.2, -0.15) is 8.42 Å². The van der Waals surface area contributed by atoms with Gasteiger partial charge >= 0.3 is 0 Å². The first-order valence-electron chi connectivity index (χ1n) is 10.2. The Labute approximate surface area is 199 Å². The molecule has 0 saturated carbocycles. The molecule has 0 aliphatic heterocycles. The van der Waals surface area contributed by atoms with Gasteiger partial charge in [-0.05, 0) is 48.2 Å². The fourth-order valence-corrected chi connectivity index (χ4v) is 3.79. The Morgan fingerprint density at radius 3 is 2.32 bits per heavy atom. The van der Waals surface area contributed by atoms with E-state index in [4.69, 9.17) is 16.2 Å². The van der Waals surface area contributed by atoms with Gasteiger partial charge in [-0.15, -0.1) is 0 Å². The first kappa shape index (κ1) is 25.3. The molecule has 0 bridgehead atoms. The number of benzene rings is 1. The first-order valence-corrected chi connectivity index (χ1v) is 12.4. The molecule has 1 unspecified atom stereocenters. The average molecular weight is 507 g/mol. The van der Waals surface area contributed by atoms with Crippen LogP contribution in [-0.2, 0) is 10.1 Å². The quantitative estimate of drug-likeness (QED) is 0.284. The third-order valence-corrected chi connectivity index (χ3v) is 5.18. The van der Waals surface area contributed by atoms with E-state index < -0.39 is 32.7 Å². The van der Waals surface area contributed by atoms with E-state index in [0.717, 1.165) is 5.56 Å². The summed E-state index contributed by atoms with van der Waals surface area (Å²) in [6.45, 7) is 4.06. The standard InChI is InChI=1S/C21H19ClN4O3.CH4O3S/c1-11(2)9-16(12-5-7-23-8-6-12)26-21(29)17-18(20(28)25-26)24-15-10-13(22)3-4-14(15)19(17)27;1-5(2,3)4/h3-8,10-11,16H,9H2,1-2H3,(H,24,27)(H,25,28);1H3,(H,2,3,4). The Hall–Kier alpha value is -3.28. The average Bonchev–Trinajstić information content (AvgIpc) is 2.74. The minimum Gasteiger partial charge on any atom is -0.350 e. The van der Waals surface area contributed by atoms with Crippen molar-refractivity contribution in [2.75, 3.05) is 6.26 Å². The Morgan fingerprint density at radius 1 is 1.12 bits per heavy atom. The van der Waals surface area contributed by atoms with Gasteiger partial charge in [0.15, 0.2) is 0 Å². The number of hydrogen-bond acceptors (Lipinski definition) is 6. The molecule has 12 heteroatoms. The Kier molecular flexibility index (Phi) is 7.39. The van der Waals surface area contributed by atoms with Gasteiger partial charge < -0.3 is 4.98 Å². The number of nitrogens with one attached hydrogen (secondary N) is 2. The SMILES string of the molecule is CC(C)CC(c1ccncc1)n1[nH]c(=O)c2[nH]c3cc(Cl)ccc3c(=O)c2c1=O.CS(=O)(=O)O. The normalized spacial score (nSPS) is 12.5. The minimum atomic E-state index is -3.67. The number of rotatable bonds is 4. The van der Waals surface area contributed by atoms with Crippen LogP contribution in [0.15, 0.2) is 57.1 Å². The topological polar surface area (TPSA) is 155 Å². The molecule has 0 radical (unpaired) electrons. The zero-order valence-corrected chi connectivity index (χ0v) is 20.1. The van der Waals surface area contributed by atoms with Crippen LogP contribution in [0.1, 0.15) is 31.9 Å². The summed E-state index contributed by atoms with van der Waals surface area (Å²) < 4.78 is 27.1. The molecule has 180 valence electrons. The monoisotopic (exact) mass is 506 g/mol. The van der Waals surface area contributed by atoms with E-state index in [0.29, 0.717) is 28.6 Å². The van der Waals surface area contributed by atoms with E-state index in [-0.39, 0.29) is 16.8 Å².